The van der Waals surface area contributed by atoms with Crippen LogP contribution in [0.2, 0.25) is 0 Å². The van der Waals surface area contributed by atoms with Gasteiger partial charge in [0.05, 0.1) is 10.9 Å². The summed E-state index contributed by atoms with van der Waals surface area (Å²) in [6.07, 6.45) is 4.21. The third kappa shape index (κ3) is 3.78. The van der Waals surface area contributed by atoms with Crippen LogP contribution in [0.5, 0.6) is 0 Å². The van der Waals surface area contributed by atoms with Gasteiger partial charge in [-0.2, -0.15) is 9.40 Å². The first-order chi connectivity index (χ1) is 12.4. The number of hydrogen-bond donors (Lipinski definition) is 1. The highest BCUT2D eigenvalue weighted by atomic mass is 32.2. The monoisotopic (exact) mass is 377 g/mol. The quantitative estimate of drug-likeness (QED) is 0.851. The van der Waals surface area contributed by atoms with Gasteiger partial charge in [0.2, 0.25) is 10.0 Å². The average Bonchev–Trinajstić information content (AvgIpc) is 3.08. The molecule has 8 nitrogen and oxygen atoms in total. The van der Waals surface area contributed by atoms with E-state index in [9.17, 15) is 13.2 Å². The van der Waals surface area contributed by atoms with Crippen LogP contribution in [0.15, 0.2) is 35.5 Å². The fourth-order valence-corrected chi connectivity index (χ4v) is 4.66. The predicted octanol–water partition coefficient (Wildman–Crippen LogP) is 1.48. The molecule has 140 valence electrons. The van der Waals surface area contributed by atoms with Gasteiger partial charge in [-0.1, -0.05) is 12.5 Å². The molecule has 0 aliphatic carbocycles. The maximum Gasteiger partial charge on any atom is 0.251 e. The third-order valence-corrected chi connectivity index (χ3v) is 6.42. The van der Waals surface area contributed by atoms with Crippen molar-refractivity contribution in [1.82, 2.24) is 24.4 Å². The summed E-state index contributed by atoms with van der Waals surface area (Å²) in [5.74, 6) is 0.270. The van der Waals surface area contributed by atoms with Gasteiger partial charge in [0.15, 0.2) is 0 Å². The minimum atomic E-state index is -3.57. The van der Waals surface area contributed by atoms with Crippen LogP contribution in [0.4, 0.5) is 0 Å². The lowest BCUT2D eigenvalue weighted by Gasteiger charge is -2.26. The van der Waals surface area contributed by atoms with Crippen LogP contribution < -0.4 is 5.32 Å². The number of benzene rings is 1. The van der Waals surface area contributed by atoms with E-state index in [4.69, 9.17) is 0 Å². The molecule has 1 N–H and O–H groups in total. The zero-order valence-corrected chi connectivity index (χ0v) is 15.7. The van der Waals surface area contributed by atoms with Crippen molar-refractivity contribution < 1.29 is 13.2 Å². The number of carbonyl (C=O) groups is 1. The van der Waals surface area contributed by atoms with Crippen LogP contribution in [-0.4, -0.2) is 46.5 Å². The smallest absolute Gasteiger partial charge is 0.251 e. The Morgan fingerprint density at radius 2 is 1.96 bits per heavy atom. The summed E-state index contributed by atoms with van der Waals surface area (Å²) < 4.78 is 28.7. The number of nitrogens with zero attached hydrogens (tertiary/aromatic N) is 4. The van der Waals surface area contributed by atoms with Crippen molar-refractivity contribution in [2.45, 2.75) is 37.1 Å². The average molecular weight is 377 g/mol. The Hall–Kier alpha value is -2.26. The molecule has 0 bridgehead atoms. The lowest BCUT2D eigenvalue weighted by atomic mass is 10.2. The van der Waals surface area contributed by atoms with Gasteiger partial charge in [0, 0.05) is 25.7 Å². The van der Waals surface area contributed by atoms with Crippen molar-refractivity contribution in [3.8, 4) is 0 Å². The Bertz CT molecular complexity index is 887. The SMILES string of the molecule is C[C@@H](NC(=O)c1cccc(S(=O)(=O)N2CCCCC2)c1)c1ncnn1C. The normalized spacial score (nSPS) is 17.0. The molecule has 1 saturated heterocycles. The van der Waals surface area contributed by atoms with E-state index in [0.717, 1.165) is 19.3 Å². The van der Waals surface area contributed by atoms with Crippen molar-refractivity contribution in [2.75, 3.05) is 13.1 Å². The summed E-state index contributed by atoms with van der Waals surface area (Å²) in [4.78, 5) is 16.8. The number of hydrogen-bond acceptors (Lipinski definition) is 5. The van der Waals surface area contributed by atoms with Crippen molar-refractivity contribution in [2.24, 2.45) is 7.05 Å². The molecule has 1 aliphatic rings. The van der Waals surface area contributed by atoms with Crippen LogP contribution in [0.1, 0.15) is 48.4 Å². The van der Waals surface area contributed by atoms with Gasteiger partial charge >= 0.3 is 0 Å². The molecule has 1 fully saturated rings. The molecule has 0 saturated carbocycles. The standard InChI is InChI=1S/C17H23N5O3S/c1-13(16-18-12-19-21(16)2)20-17(23)14-7-6-8-15(11-14)26(24,25)22-9-4-3-5-10-22/h6-8,11-13H,3-5,9-10H2,1-2H3,(H,20,23)/t13-/m1/s1. The molecule has 1 atom stereocenters. The maximum absolute atomic E-state index is 12.8. The molecule has 9 heteroatoms. The highest BCUT2D eigenvalue weighted by molar-refractivity contribution is 7.89. The van der Waals surface area contributed by atoms with Crippen LogP contribution in [-0.2, 0) is 17.1 Å². The zero-order valence-electron chi connectivity index (χ0n) is 14.9. The maximum atomic E-state index is 12.8. The predicted molar refractivity (Wildman–Crippen MR) is 95.9 cm³/mol. The molecule has 1 aromatic carbocycles. The Kier molecular flexibility index (Phi) is 5.38. The summed E-state index contributed by atoms with van der Waals surface area (Å²) in [5.41, 5.74) is 0.303. The fraction of sp³-hybridized carbons (Fsp3) is 0.471. The summed E-state index contributed by atoms with van der Waals surface area (Å²) in [6, 6.07) is 5.82. The molecule has 26 heavy (non-hydrogen) atoms. The summed E-state index contributed by atoms with van der Waals surface area (Å²) in [7, 11) is -1.82. The number of carbonyl (C=O) groups excluding carboxylic acids is 1. The van der Waals surface area contributed by atoms with Crippen LogP contribution in [0, 0.1) is 0 Å². The van der Waals surface area contributed by atoms with E-state index < -0.39 is 10.0 Å². The van der Waals surface area contributed by atoms with E-state index in [1.165, 1.54) is 22.8 Å². The van der Waals surface area contributed by atoms with Gasteiger partial charge in [0.1, 0.15) is 12.2 Å². The van der Waals surface area contributed by atoms with E-state index >= 15 is 0 Å². The summed E-state index contributed by atoms with van der Waals surface area (Å²) in [6.45, 7) is 2.86. The molecule has 2 aromatic rings. The summed E-state index contributed by atoms with van der Waals surface area (Å²) >= 11 is 0. The van der Waals surface area contributed by atoms with Crippen LogP contribution in [0.25, 0.3) is 0 Å². The van der Waals surface area contributed by atoms with Crippen molar-refractivity contribution in [1.29, 1.82) is 0 Å². The second-order valence-corrected chi connectivity index (χ2v) is 8.37. The first-order valence-electron chi connectivity index (χ1n) is 8.64. The van der Waals surface area contributed by atoms with Gasteiger partial charge in [0.25, 0.3) is 5.91 Å². The largest absolute Gasteiger partial charge is 0.342 e. The molecule has 2 heterocycles. The fourth-order valence-electron chi connectivity index (χ4n) is 3.09. The first-order valence-corrected chi connectivity index (χ1v) is 10.1. The van der Waals surface area contributed by atoms with Crippen LogP contribution >= 0.6 is 0 Å². The van der Waals surface area contributed by atoms with Crippen molar-refractivity contribution in [3.63, 3.8) is 0 Å². The summed E-state index contributed by atoms with van der Waals surface area (Å²) in [5, 5.41) is 6.81. The van der Waals surface area contributed by atoms with E-state index in [0.29, 0.717) is 24.5 Å². The topological polar surface area (TPSA) is 97.2 Å². The molecular formula is C17H23N5O3S. The second-order valence-electron chi connectivity index (χ2n) is 6.43. The number of amides is 1. The Labute approximate surface area is 153 Å². The number of aromatic nitrogens is 3. The van der Waals surface area contributed by atoms with E-state index in [1.54, 1.807) is 30.8 Å². The number of piperidine rings is 1. The third-order valence-electron chi connectivity index (χ3n) is 4.53. The van der Waals surface area contributed by atoms with E-state index in [2.05, 4.69) is 15.4 Å². The number of rotatable bonds is 5. The van der Waals surface area contributed by atoms with E-state index in [1.807, 2.05) is 0 Å². The highest BCUT2D eigenvalue weighted by Crippen LogP contribution is 2.21. The van der Waals surface area contributed by atoms with Crippen molar-refractivity contribution >= 4 is 15.9 Å². The lowest BCUT2D eigenvalue weighted by Crippen LogP contribution is -2.35. The lowest BCUT2D eigenvalue weighted by molar-refractivity contribution is 0.0937. The molecule has 1 aromatic heterocycles. The number of aryl methyl sites for hydroxylation is 1. The first kappa shape index (κ1) is 18.5. The van der Waals surface area contributed by atoms with Gasteiger partial charge in [-0.25, -0.2) is 13.4 Å². The van der Waals surface area contributed by atoms with Gasteiger partial charge < -0.3 is 5.32 Å². The minimum Gasteiger partial charge on any atom is -0.342 e. The van der Waals surface area contributed by atoms with Crippen LogP contribution in [0.3, 0.4) is 0 Å². The molecular weight excluding hydrogens is 354 g/mol. The number of nitrogens with one attached hydrogen (secondary N) is 1. The molecule has 0 unspecified atom stereocenters. The second kappa shape index (κ2) is 7.55. The van der Waals surface area contributed by atoms with Gasteiger partial charge in [-0.05, 0) is 38.0 Å². The highest BCUT2D eigenvalue weighted by Gasteiger charge is 2.26. The van der Waals surface area contributed by atoms with Crippen molar-refractivity contribution in [3.05, 3.63) is 42.0 Å². The Morgan fingerprint density at radius 3 is 2.62 bits per heavy atom. The minimum absolute atomic E-state index is 0.151. The Balaban J connectivity index is 1.78. The van der Waals surface area contributed by atoms with E-state index in [-0.39, 0.29) is 16.8 Å². The molecule has 1 amide bonds. The molecule has 3 rings (SSSR count). The zero-order chi connectivity index (χ0) is 18.7. The molecule has 0 radical (unpaired) electrons. The Morgan fingerprint density at radius 1 is 1.23 bits per heavy atom. The van der Waals surface area contributed by atoms with Gasteiger partial charge in [-0.15, -0.1) is 0 Å². The number of sulfonamides is 1. The molecule has 1 aliphatic heterocycles. The molecule has 0 spiro atoms. The van der Waals surface area contributed by atoms with Gasteiger partial charge in [-0.3, -0.25) is 9.48 Å².